The van der Waals surface area contributed by atoms with Gasteiger partial charge in [0.25, 0.3) is 0 Å². The molecule has 0 aliphatic carbocycles. The molecule has 1 fully saturated rings. The van der Waals surface area contributed by atoms with Gasteiger partial charge in [-0.1, -0.05) is 11.8 Å². The second-order valence-electron chi connectivity index (χ2n) is 9.16. The minimum atomic E-state index is -1.31. The normalized spacial score (nSPS) is 18.7. The number of hydrogen-bond donors (Lipinski definition) is 2. The number of carboxylic acid groups (broad SMARTS) is 1. The highest BCUT2D eigenvalue weighted by molar-refractivity contribution is 5.83. The number of likely N-dealkylation sites (tertiary alicyclic amines) is 1. The summed E-state index contributed by atoms with van der Waals surface area (Å²) in [6, 6.07) is 8.48. The average Bonchev–Trinajstić information content (AvgIpc) is 2.89. The number of halogens is 3. The molecule has 0 radical (unpaired) electrons. The Bertz CT molecular complexity index is 1350. The standard InChI is InChI=1S/C28H27F3N2O4/c1-37-20-5-6-25-22(15-20)21(8-10-32-25)26(34)7-4-17-9-12-33(16-23(17)28(35)36)11-2-3-18-13-19(29)14-24(30)27(18)31/h5-6,8,10,13-15,17,23,26,34H,4,7,9,11-12,16H2,1H3,(H,35,36)/t17?,23-,26-/m1/s1. The number of benzene rings is 2. The average molecular weight is 513 g/mol. The number of aliphatic hydroxyl groups is 1. The van der Waals surface area contributed by atoms with Gasteiger partial charge in [-0.15, -0.1) is 0 Å². The lowest BCUT2D eigenvalue weighted by Gasteiger charge is -2.36. The van der Waals surface area contributed by atoms with Crippen LogP contribution in [-0.4, -0.2) is 52.8 Å². The zero-order valence-corrected chi connectivity index (χ0v) is 20.3. The fourth-order valence-corrected chi connectivity index (χ4v) is 4.82. The van der Waals surface area contributed by atoms with Crippen molar-refractivity contribution in [1.82, 2.24) is 9.88 Å². The summed E-state index contributed by atoms with van der Waals surface area (Å²) in [5, 5.41) is 21.6. The van der Waals surface area contributed by atoms with Crippen molar-refractivity contribution >= 4 is 16.9 Å². The summed E-state index contributed by atoms with van der Waals surface area (Å²) in [5.41, 5.74) is 1.07. The van der Waals surface area contributed by atoms with Crippen molar-refractivity contribution in [3.63, 3.8) is 0 Å². The molecular formula is C28H27F3N2O4. The van der Waals surface area contributed by atoms with E-state index < -0.39 is 35.4 Å². The second kappa shape index (κ2) is 11.6. The van der Waals surface area contributed by atoms with Crippen LogP contribution in [0.4, 0.5) is 13.2 Å². The first kappa shape index (κ1) is 26.5. The maximum Gasteiger partial charge on any atom is 0.308 e. The van der Waals surface area contributed by atoms with E-state index >= 15 is 0 Å². The molecule has 0 spiro atoms. The summed E-state index contributed by atoms with van der Waals surface area (Å²) >= 11 is 0. The van der Waals surface area contributed by atoms with E-state index in [9.17, 15) is 28.2 Å². The van der Waals surface area contributed by atoms with Crippen molar-refractivity contribution in [3.8, 4) is 17.6 Å². The van der Waals surface area contributed by atoms with Gasteiger partial charge in [0.2, 0.25) is 0 Å². The van der Waals surface area contributed by atoms with E-state index in [4.69, 9.17) is 4.74 Å². The first-order valence-corrected chi connectivity index (χ1v) is 12.0. The Balaban J connectivity index is 1.39. The molecule has 1 saturated heterocycles. The van der Waals surface area contributed by atoms with Gasteiger partial charge in [0, 0.05) is 24.2 Å². The van der Waals surface area contributed by atoms with Crippen molar-refractivity contribution < 1.29 is 32.9 Å². The highest BCUT2D eigenvalue weighted by Crippen LogP contribution is 2.33. The molecule has 9 heteroatoms. The predicted molar refractivity (Wildman–Crippen MR) is 131 cm³/mol. The molecule has 2 N–H and O–H groups in total. The van der Waals surface area contributed by atoms with Crippen LogP contribution in [0.2, 0.25) is 0 Å². The maximum absolute atomic E-state index is 13.8. The second-order valence-corrected chi connectivity index (χ2v) is 9.16. The van der Waals surface area contributed by atoms with Gasteiger partial charge in [0.05, 0.1) is 36.8 Å². The Kier molecular flexibility index (Phi) is 8.31. The lowest BCUT2D eigenvalue weighted by atomic mass is 9.81. The van der Waals surface area contributed by atoms with Gasteiger partial charge in [-0.3, -0.25) is 14.7 Å². The van der Waals surface area contributed by atoms with E-state index in [0.29, 0.717) is 43.2 Å². The van der Waals surface area contributed by atoms with Gasteiger partial charge in [-0.2, -0.15) is 0 Å². The molecule has 2 aromatic carbocycles. The van der Waals surface area contributed by atoms with Crippen molar-refractivity contribution in [2.45, 2.75) is 25.4 Å². The smallest absolute Gasteiger partial charge is 0.308 e. The van der Waals surface area contributed by atoms with Crippen LogP contribution in [0.3, 0.4) is 0 Å². The topological polar surface area (TPSA) is 82.9 Å². The number of piperidine rings is 1. The number of fused-ring (bicyclic) bond motifs is 1. The van der Waals surface area contributed by atoms with Crippen LogP contribution in [0, 0.1) is 41.1 Å². The van der Waals surface area contributed by atoms with Crippen molar-refractivity contribution in [2.75, 3.05) is 26.7 Å². The third kappa shape index (κ3) is 6.21. The van der Waals surface area contributed by atoms with E-state index in [2.05, 4.69) is 16.8 Å². The number of hydrogen-bond acceptors (Lipinski definition) is 5. The molecule has 0 saturated carbocycles. The number of rotatable bonds is 7. The highest BCUT2D eigenvalue weighted by atomic mass is 19.2. The molecule has 1 aliphatic rings. The van der Waals surface area contributed by atoms with E-state index in [-0.39, 0.29) is 24.6 Å². The minimum Gasteiger partial charge on any atom is -0.497 e. The molecule has 0 amide bonds. The van der Waals surface area contributed by atoms with Gasteiger partial charge < -0.3 is 14.9 Å². The Hall–Kier alpha value is -3.61. The molecule has 37 heavy (non-hydrogen) atoms. The van der Waals surface area contributed by atoms with E-state index in [1.165, 1.54) is 0 Å². The zero-order chi connectivity index (χ0) is 26.5. The molecule has 0 bridgehead atoms. The Morgan fingerprint density at radius 3 is 2.81 bits per heavy atom. The third-order valence-electron chi connectivity index (χ3n) is 6.83. The van der Waals surface area contributed by atoms with Crippen LogP contribution in [0.5, 0.6) is 5.75 Å². The minimum absolute atomic E-state index is 0.140. The van der Waals surface area contributed by atoms with E-state index in [0.717, 1.165) is 17.0 Å². The molecule has 2 heterocycles. The third-order valence-corrected chi connectivity index (χ3v) is 6.83. The van der Waals surface area contributed by atoms with Gasteiger partial charge in [0.1, 0.15) is 11.6 Å². The molecule has 4 rings (SSSR count). The Morgan fingerprint density at radius 2 is 2.05 bits per heavy atom. The van der Waals surface area contributed by atoms with Crippen molar-refractivity contribution in [1.29, 1.82) is 0 Å². The zero-order valence-electron chi connectivity index (χ0n) is 20.3. The van der Waals surface area contributed by atoms with Crippen LogP contribution in [0.1, 0.15) is 36.5 Å². The summed E-state index contributed by atoms with van der Waals surface area (Å²) in [6.07, 6.45) is 2.32. The van der Waals surface area contributed by atoms with Crippen LogP contribution in [0.15, 0.2) is 42.6 Å². The number of aromatic nitrogens is 1. The van der Waals surface area contributed by atoms with Crippen LogP contribution < -0.4 is 4.74 Å². The van der Waals surface area contributed by atoms with Crippen molar-refractivity contribution in [2.24, 2.45) is 11.8 Å². The number of aliphatic carboxylic acids is 1. The summed E-state index contributed by atoms with van der Waals surface area (Å²) in [4.78, 5) is 18.2. The lowest BCUT2D eigenvalue weighted by molar-refractivity contribution is -0.146. The predicted octanol–water partition coefficient (Wildman–Crippen LogP) is 4.55. The first-order chi connectivity index (χ1) is 17.8. The summed E-state index contributed by atoms with van der Waals surface area (Å²) < 4.78 is 45.8. The fraction of sp³-hybridized carbons (Fsp3) is 0.357. The molecule has 3 aromatic rings. The maximum atomic E-state index is 13.8. The number of carbonyl (C=O) groups is 1. The highest BCUT2D eigenvalue weighted by Gasteiger charge is 2.34. The number of aliphatic hydroxyl groups excluding tert-OH is 1. The molecule has 1 unspecified atom stereocenters. The quantitative estimate of drug-likeness (QED) is 0.357. The van der Waals surface area contributed by atoms with Gasteiger partial charge in [-0.25, -0.2) is 13.2 Å². The number of carboxylic acids is 1. The monoisotopic (exact) mass is 512 g/mol. The lowest BCUT2D eigenvalue weighted by Crippen LogP contribution is -2.44. The summed E-state index contributed by atoms with van der Waals surface area (Å²) in [5.74, 6) is 0.595. The number of pyridine rings is 1. The molecular weight excluding hydrogens is 485 g/mol. The van der Waals surface area contributed by atoms with Crippen LogP contribution in [-0.2, 0) is 4.79 Å². The first-order valence-electron chi connectivity index (χ1n) is 12.0. The van der Waals surface area contributed by atoms with Crippen molar-refractivity contribution in [3.05, 3.63) is 71.2 Å². The SMILES string of the molecule is COc1ccc2nccc([C@H](O)CCC3CCN(CC#Cc4cc(F)cc(F)c4F)C[C@H]3C(=O)O)c2c1. The van der Waals surface area contributed by atoms with Crippen LogP contribution >= 0.6 is 0 Å². The largest absolute Gasteiger partial charge is 0.497 e. The molecule has 1 aromatic heterocycles. The summed E-state index contributed by atoms with van der Waals surface area (Å²) in [7, 11) is 1.57. The fourth-order valence-electron chi connectivity index (χ4n) is 4.82. The number of methoxy groups -OCH3 is 1. The molecule has 194 valence electrons. The van der Waals surface area contributed by atoms with Gasteiger partial charge in [0.15, 0.2) is 11.6 Å². The van der Waals surface area contributed by atoms with Gasteiger partial charge in [-0.05, 0) is 67.6 Å². The van der Waals surface area contributed by atoms with Crippen LogP contribution in [0.25, 0.3) is 10.9 Å². The molecule has 3 atom stereocenters. The molecule has 6 nitrogen and oxygen atoms in total. The summed E-state index contributed by atoms with van der Waals surface area (Å²) in [6.45, 7) is 0.941. The van der Waals surface area contributed by atoms with Gasteiger partial charge >= 0.3 is 5.97 Å². The Morgan fingerprint density at radius 1 is 1.24 bits per heavy atom. The van der Waals surface area contributed by atoms with E-state index in [1.807, 2.05) is 17.0 Å². The molecule has 1 aliphatic heterocycles. The van der Waals surface area contributed by atoms with E-state index in [1.54, 1.807) is 25.4 Å². The Labute approximate surface area is 212 Å². The number of nitrogens with zero attached hydrogens (tertiary/aromatic N) is 2. The number of ether oxygens (including phenoxy) is 1.